The van der Waals surface area contributed by atoms with E-state index in [1.807, 2.05) is 0 Å². The maximum atomic E-state index is 10.8. The molecule has 0 amide bonds. The minimum atomic E-state index is -0.378. The Morgan fingerprint density at radius 3 is 2.89 bits per heavy atom. The topological polar surface area (TPSA) is 38.7 Å². The van der Waals surface area contributed by atoms with Crippen molar-refractivity contribution in [1.29, 1.82) is 0 Å². The standard InChI is InChI=1S/C15H17NO2/c1-11-9-12-5-4-6-13(14(12)18-11)15(16-10-17)7-2-3-8-15/h4-6,11H,2-3,7-9H2,1H3. The van der Waals surface area contributed by atoms with Crippen molar-refractivity contribution in [3.8, 4) is 5.75 Å². The Labute approximate surface area is 107 Å². The number of aliphatic imine (C=N–C) groups is 1. The molecule has 3 heteroatoms. The third-order valence-corrected chi connectivity index (χ3v) is 4.11. The third kappa shape index (κ3) is 1.67. The molecule has 0 saturated heterocycles. The van der Waals surface area contributed by atoms with Crippen molar-refractivity contribution in [2.75, 3.05) is 0 Å². The fraction of sp³-hybridized carbons (Fsp3) is 0.533. The average Bonchev–Trinajstić information content (AvgIpc) is 2.94. The smallest absolute Gasteiger partial charge is 0.235 e. The maximum Gasteiger partial charge on any atom is 0.235 e. The number of hydrogen-bond donors (Lipinski definition) is 0. The molecule has 0 radical (unpaired) electrons. The Kier molecular flexibility index (Phi) is 2.71. The van der Waals surface area contributed by atoms with Gasteiger partial charge in [-0.3, -0.25) is 0 Å². The number of isocyanates is 1. The van der Waals surface area contributed by atoms with Gasteiger partial charge < -0.3 is 4.74 Å². The Morgan fingerprint density at radius 2 is 2.17 bits per heavy atom. The fourth-order valence-electron chi connectivity index (χ4n) is 3.29. The van der Waals surface area contributed by atoms with Gasteiger partial charge in [-0.05, 0) is 25.3 Å². The Balaban J connectivity index is 2.12. The molecule has 1 aromatic rings. The molecule has 18 heavy (non-hydrogen) atoms. The van der Waals surface area contributed by atoms with Crippen molar-refractivity contribution in [1.82, 2.24) is 0 Å². The molecule has 3 nitrogen and oxygen atoms in total. The van der Waals surface area contributed by atoms with E-state index in [0.29, 0.717) is 0 Å². The van der Waals surface area contributed by atoms with Gasteiger partial charge >= 0.3 is 0 Å². The molecule has 1 saturated carbocycles. The van der Waals surface area contributed by atoms with E-state index in [0.717, 1.165) is 43.4 Å². The number of benzene rings is 1. The first-order valence-electron chi connectivity index (χ1n) is 6.63. The Morgan fingerprint density at radius 1 is 1.39 bits per heavy atom. The fourth-order valence-corrected chi connectivity index (χ4v) is 3.29. The summed E-state index contributed by atoms with van der Waals surface area (Å²) in [6.45, 7) is 2.08. The molecule has 1 aliphatic carbocycles. The summed E-state index contributed by atoms with van der Waals surface area (Å²) in [7, 11) is 0. The number of fused-ring (bicyclic) bond motifs is 1. The van der Waals surface area contributed by atoms with E-state index >= 15 is 0 Å². The van der Waals surface area contributed by atoms with Gasteiger partial charge in [0.25, 0.3) is 0 Å². The number of hydrogen-bond acceptors (Lipinski definition) is 3. The SMILES string of the molecule is CC1Cc2cccc(C3(N=C=O)CCCC3)c2O1. The average molecular weight is 243 g/mol. The van der Waals surface area contributed by atoms with Crippen LogP contribution in [-0.2, 0) is 16.8 Å². The lowest BCUT2D eigenvalue weighted by Crippen LogP contribution is -2.20. The summed E-state index contributed by atoms with van der Waals surface area (Å²) in [5.74, 6) is 0.964. The van der Waals surface area contributed by atoms with Gasteiger partial charge in [0.2, 0.25) is 6.08 Å². The van der Waals surface area contributed by atoms with Gasteiger partial charge in [-0.25, -0.2) is 4.79 Å². The summed E-state index contributed by atoms with van der Waals surface area (Å²) < 4.78 is 5.93. The van der Waals surface area contributed by atoms with Gasteiger partial charge in [-0.1, -0.05) is 31.0 Å². The van der Waals surface area contributed by atoms with Crippen molar-refractivity contribution < 1.29 is 9.53 Å². The third-order valence-electron chi connectivity index (χ3n) is 4.11. The molecule has 0 aromatic heterocycles. The van der Waals surface area contributed by atoms with Gasteiger partial charge in [-0.2, -0.15) is 4.99 Å². The zero-order valence-electron chi connectivity index (χ0n) is 10.6. The maximum absolute atomic E-state index is 10.8. The molecule has 0 N–H and O–H groups in total. The first kappa shape index (κ1) is 11.5. The van der Waals surface area contributed by atoms with Gasteiger partial charge in [0.05, 0.1) is 0 Å². The number of rotatable bonds is 2. The molecular weight excluding hydrogens is 226 g/mol. The molecule has 1 atom stereocenters. The summed E-state index contributed by atoms with van der Waals surface area (Å²) >= 11 is 0. The van der Waals surface area contributed by atoms with Crippen LogP contribution >= 0.6 is 0 Å². The monoisotopic (exact) mass is 243 g/mol. The minimum Gasteiger partial charge on any atom is -0.490 e. The van der Waals surface area contributed by atoms with Crippen molar-refractivity contribution in [3.05, 3.63) is 29.3 Å². The highest BCUT2D eigenvalue weighted by Gasteiger charge is 2.40. The lowest BCUT2D eigenvalue weighted by Gasteiger charge is -2.25. The Hall–Kier alpha value is -1.60. The summed E-state index contributed by atoms with van der Waals surface area (Å²) in [4.78, 5) is 14.9. The van der Waals surface area contributed by atoms with Crippen molar-refractivity contribution >= 4 is 6.08 Å². The van der Waals surface area contributed by atoms with Crippen LogP contribution in [0.3, 0.4) is 0 Å². The van der Waals surface area contributed by atoms with Crippen molar-refractivity contribution in [2.24, 2.45) is 4.99 Å². The van der Waals surface area contributed by atoms with Gasteiger partial charge in [-0.15, -0.1) is 0 Å². The molecule has 94 valence electrons. The van der Waals surface area contributed by atoms with Crippen LogP contribution in [0, 0.1) is 0 Å². The quantitative estimate of drug-likeness (QED) is 0.591. The zero-order chi connectivity index (χ0) is 12.6. The zero-order valence-corrected chi connectivity index (χ0v) is 10.6. The molecule has 0 bridgehead atoms. The second kappa shape index (κ2) is 4.25. The number of ether oxygens (including phenoxy) is 1. The van der Waals surface area contributed by atoms with E-state index in [1.54, 1.807) is 6.08 Å². The highest BCUT2D eigenvalue weighted by molar-refractivity contribution is 5.50. The first-order chi connectivity index (χ1) is 8.75. The van der Waals surface area contributed by atoms with E-state index in [4.69, 9.17) is 4.74 Å². The highest BCUT2D eigenvalue weighted by atomic mass is 16.5. The predicted molar refractivity (Wildman–Crippen MR) is 68.5 cm³/mol. The van der Waals surface area contributed by atoms with Crippen LogP contribution in [0.15, 0.2) is 23.2 Å². The summed E-state index contributed by atoms with van der Waals surface area (Å²) in [6.07, 6.45) is 7.03. The largest absolute Gasteiger partial charge is 0.490 e. The van der Waals surface area contributed by atoms with Gasteiger partial charge in [0.15, 0.2) is 0 Å². The van der Waals surface area contributed by atoms with E-state index in [1.165, 1.54) is 5.56 Å². The minimum absolute atomic E-state index is 0.222. The molecular formula is C15H17NO2. The molecule has 3 rings (SSSR count). The van der Waals surface area contributed by atoms with Crippen LogP contribution in [0.1, 0.15) is 43.7 Å². The molecule has 1 unspecified atom stereocenters. The van der Waals surface area contributed by atoms with Crippen LogP contribution in [0.4, 0.5) is 0 Å². The van der Waals surface area contributed by atoms with Crippen LogP contribution in [0.2, 0.25) is 0 Å². The molecule has 1 aliphatic heterocycles. The molecule has 2 aliphatic rings. The van der Waals surface area contributed by atoms with Gasteiger partial charge in [0, 0.05) is 12.0 Å². The summed E-state index contributed by atoms with van der Waals surface area (Å²) in [5, 5.41) is 0. The second-order valence-corrected chi connectivity index (χ2v) is 5.37. The summed E-state index contributed by atoms with van der Waals surface area (Å²) in [6, 6.07) is 6.22. The molecule has 0 spiro atoms. The molecule has 1 heterocycles. The van der Waals surface area contributed by atoms with Gasteiger partial charge in [0.1, 0.15) is 17.4 Å². The van der Waals surface area contributed by atoms with E-state index in [2.05, 4.69) is 30.1 Å². The van der Waals surface area contributed by atoms with E-state index < -0.39 is 0 Å². The number of carbonyl (C=O) groups excluding carboxylic acids is 1. The normalized spacial score (nSPS) is 24.2. The summed E-state index contributed by atoms with van der Waals surface area (Å²) in [5.41, 5.74) is 1.95. The highest BCUT2D eigenvalue weighted by Crippen LogP contribution is 2.48. The lowest BCUT2D eigenvalue weighted by atomic mass is 9.87. The number of nitrogens with zero attached hydrogens (tertiary/aromatic N) is 1. The van der Waals surface area contributed by atoms with E-state index in [9.17, 15) is 4.79 Å². The van der Waals surface area contributed by atoms with Crippen LogP contribution < -0.4 is 4.74 Å². The van der Waals surface area contributed by atoms with Crippen LogP contribution in [0.25, 0.3) is 0 Å². The predicted octanol–water partition coefficient (Wildman–Crippen LogP) is 3.12. The second-order valence-electron chi connectivity index (χ2n) is 5.37. The molecule has 1 fully saturated rings. The number of para-hydroxylation sites is 1. The Bertz CT molecular complexity index is 511. The van der Waals surface area contributed by atoms with Crippen LogP contribution in [-0.4, -0.2) is 12.2 Å². The lowest BCUT2D eigenvalue weighted by molar-refractivity contribution is 0.247. The molecule has 1 aromatic carbocycles. The first-order valence-corrected chi connectivity index (χ1v) is 6.63. The van der Waals surface area contributed by atoms with Crippen molar-refractivity contribution in [2.45, 2.75) is 50.7 Å². The van der Waals surface area contributed by atoms with E-state index in [-0.39, 0.29) is 11.6 Å². The van der Waals surface area contributed by atoms with Crippen LogP contribution in [0.5, 0.6) is 5.75 Å². The van der Waals surface area contributed by atoms with Crippen molar-refractivity contribution in [3.63, 3.8) is 0 Å².